The van der Waals surface area contributed by atoms with Gasteiger partial charge in [0.05, 0.1) is 25.2 Å². The van der Waals surface area contributed by atoms with Crippen LogP contribution in [-0.4, -0.2) is 60.9 Å². The van der Waals surface area contributed by atoms with Crippen LogP contribution in [0.15, 0.2) is 59.7 Å². The summed E-state index contributed by atoms with van der Waals surface area (Å²) in [6, 6.07) is 17.0. The second-order valence-electron chi connectivity index (χ2n) is 7.64. The summed E-state index contributed by atoms with van der Waals surface area (Å²) >= 11 is 0. The number of carbonyl (C=O) groups excluding carboxylic acids is 3. The van der Waals surface area contributed by atoms with Gasteiger partial charge in [-0.2, -0.15) is 5.10 Å². The maximum Gasteiger partial charge on any atom is 0.306 e. The molecule has 0 bridgehead atoms. The van der Waals surface area contributed by atoms with Crippen molar-refractivity contribution in [3.63, 3.8) is 0 Å². The van der Waals surface area contributed by atoms with Gasteiger partial charge in [0.2, 0.25) is 5.91 Å². The average Bonchev–Trinajstić information content (AvgIpc) is 3.36. The fourth-order valence-electron chi connectivity index (χ4n) is 3.47. The number of para-hydroxylation sites is 2. The summed E-state index contributed by atoms with van der Waals surface area (Å²) in [5.41, 5.74) is 1.83. The third-order valence-electron chi connectivity index (χ3n) is 5.20. The highest BCUT2D eigenvalue weighted by Crippen LogP contribution is 2.30. The molecular formula is C24H25N3O6. The molecule has 0 saturated heterocycles. The summed E-state index contributed by atoms with van der Waals surface area (Å²) in [7, 11) is 0. The monoisotopic (exact) mass is 451 g/mol. The van der Waals surface area contributed by atoms with Gasteiger partial charge in [-0.05, 0) is 17.7 Å². The summed E-state index contributed by atoms with van der Waals surface area (Å²) < 4.78 is 16.3. The number of fused-ring (bicyclic) bond motifs is 1. The first-order valence-electron chi connectivity index (χ1n) is 10.8. The summed E-state index contributed by atoms with van der Waals surface area (Å²) in [6.07, 6.45) is 0.189. The molecule has 0 aromatic heterocycles. The van der Waals surface area contributed by atoms with Crippen LogP contribution in [0.3, 0.4) is 0 Å². The minimum absolute atomic E-state index is 0.0291. The Bertz CT molecular complexity index is 1040. The zero-order valence-corrected chi connectivity index (χ0v) is 18.1. The van der Waals surface area contributed by atoms with Crippen molar-refractivity contribution in [2.24, 2.45) is 5.10 Å². The van der Waals surface area contributed by atoms with Crippen molar-refractivity contribution in [1.29, 1.82) is 0 Å². The Morgan fingerprint density at radius 3 is 2.61 bits per heavy atom. The van der Waals surface area contributed by atoms with E-state index in [4.69, 9.17) is 14.2 Å². The topological polar surface area (TPSA) is 107 Å². The predicted molar refractivity (Wildman–Crippen MR) is 119 cm³/mol. The Hall–Kier alpha value is -3.88. The molecule has 2 amide bonds. The predicted octanol–water partition coefficient (Wildman–Crippen LogP) is 1.90. The lowest BCUT2D eigenvalue weighted by atomic mass is 10.1. The minimum Gasteiger partial charge on any atom is -0.486 e. The standard InChI is InChI=1S/C24H25N3O6/c28-22(25-14-18-15-31-20-8-4-5-9-21(20)33-18)16-32-24(30)11-10-23(29)27-13-12-19(26-27)17-6-2-1-3-7-17/h1-9,18H,10-16H2,(H,25,28)/t18-/m0/s1. The molecule has 2 aromatic carbocycles. The van der Waals surface area contributed by atoms with Crippen LogP contribution in [0.5, 0.6) is 11.5 Å². The second-order valence-corrected chi connectivity index (χ2v) is 7.64. The van der Waals surface area contributed by atoms with Crippen molar-refractivity contribution in [3.05, 3.63) is 60.2 Å². The van der Waals surface area contributed by atoms with Gasteiger partial charge in [-0.1, -0.05) is 42.5 Å². The molecule has 2 heterocycles. The Kier molecular flexibility index (Phi) is 7.19. The summed E-state index contributed by atoms with van der Waals surface area (Å²) in [4.78, 5) is 36.3. The van der Waals surface area contributed by atoms with Crippen molar-refractivity contribution >= 4 is 23.5 Å². The summed E-state index contributed by atoms with van der Waals surface area (Å²) in [5, 5.41) is 8.39. The van der Waals surface area contributed by atoms with Crippen LogP contribution in [0, 0.1) is 0 Å². The minimum atomic E-state index is -0.615. The van der Waals surface area contributed by atoms with Crippen LogP contribution in [0.2, 0.25) is 0 Å². The molecule has 172 valence electrons. The Morgan fingerprint density at radius 2 is 1.79 bits per heavy atom. The number of hydrazone groups is 1. The lowest BCUT2D eigenvalue weighted by molar-refractivity contribution is -0.150. The number of ether oxygens (including phenoxy) is 3. The highest BCUT2D eigenvalue weighted by molar-refractivity contribution is 6.02. The molecule has 33 heavy (non-hydrogen) atoms. The second kappa shape index (κ2) is 10.6. The molecule has 0 radical (unpaired) electrons. The third-order valence-corrected chi connectivity index (χ3v) is 5.20. The highest BCUT2D eigenvalue weighted by atomic mass is 16.6. The molecule has 2 aliphatic heterocycles. The normalized spacial score (nSPS) is 16.7. The molecule has 0 aliphatic carbocycles. The van der Waals surface area contributed by atoms with E-state index in [0.717, 1.165) is 11.3 Å². The van der Waals surface area contributed by atoms with E-state index < -0.39 is 18.5 Å². The number of esters is 1. The van der Waals surface area contributed by atoms with Gasteiger partial charge in [0.1, 0.15) is 12.7 Å². The van der Waals surface area contributed by atoms with E-state index in [1.165, 1.54) is 5.01 Å². The van der Waals surface area contributed by atoms with Crippen molar-refractivity contribution in [2.75, 3.05) is 26.3 Å². The Labute approximate surface area is 191 Å². The van der Waals surface area contributed by atoms with Crippen molar-refractivity contribution < 1.29 is 28.6 Å². The number of amides is 2. The Morgan fingerprint density at radius 1 is 1.03 bits per heavy atom. The first-order valence-corrected chi connectivity index (χ1v) is 10.8. The van der Waals surface area contributed by atoms with Crippen molar-refractivity contribution in [1.82, 2.24) is 10.3 Å². The molecule has 0 saturated carbocycles. The van der Waals surface area contributed by atoms with Crippen LogP contribution in [0.25, 0.3) is 0 Å². The SMILES string of the molecule is O=C(COC(=O)CCC(=O)N1CCC(c2ccccc2)=N1)NC[C@H]1COc2ccccc2O1. The fraction of sp³-hybridized carbons (Fsp3) is 0.333. The molecule has 4 rings (SSSR count). The molecule has 2 aromatic rings. The quantitative estimate of drug-likeness (QED) is 0.615. The van der Waals surface area contributed by atoms with Gasteiger partial charge in [-0.25, -0.2) is 5.01 Å². The van der Waals surface area contributed by atoms with E-state index in [2.05, 4.69) is 10.4 Å². The average molecular weight is 451 g/mol. The van der Waals surface area contributed by atoms with Gasteiger partial charge in [-0.15, -0.1) is 0 Å². The van der Waals surface area contributed by atoms with Crippen molar-refractivity contribution in [3.8, 4) is 11.5 Å². The lowest BCUT2D eigenvalue weighted by Crippen LogP contribution is -2.42. The third kappa shape index (κ3) is 6.09. The van der Waals surface area contributed by atoms with Gasteiger partial charge in [-0.3, -0.25) is 14.4 Å². The van der Waals surface area contributed by atoms with Crippen LogP contribution in [0.1, 0.15) is 24.8 Å². The van der Waals surface area contributed by atoms with Crippen LogP contribution in [0.4, 0.5) is 0 Å². The number of benzene rings is 2. The largest absolute Gasteiger partial charge is 0.486 e. The molecule has 9 nitrogen and oxygen atoms in total. The molecule has 9 heteroatoms. The van der Waals surface area contributed by atoms with Crippen molar-refractivity contribution in [2.45, 2.75) is 25.4 Å². The number of nitrogens with zero attached hydrogens (tertiary/aromatic N) is 2. The van der Waals surface area contributed by atoms with Crippen LogP contribution in [-0.2, 0) is 19.1 Å². The number of carbonyl (C=O) groups is 3. The van der Waals surface area contributed by atoms with E-state index in [0.29, 0.717) is 31.1 Å². The first-order chi connectivity index (χ1) is 16.1. The smallest absolute Gasteiger partial charge is 0.306 e. The lowest BCUT2D eigenvalue weighted by Gasteiger charge is -2.26. The summed E-state index contributed by atoms with van der Waals surface area (Å²) in [6.45, 7) is 0.596. The van der Waals surface area contributed by atoms with Gasteiger partial charge >= 0.3 is 5.97 Å². The zero-order chi connectivity index (χ0) is 23.0. The van der Waals surface area contributed by atoms with Crippen LogP contribution < -0.4 is 14.8 Å². The van der Waals surface area contributed by atoms with Gasteiger partial charge in [0, 0.05) is 12.8 Å². The fourth-order valence-corrected chi connectivity index (χ4v) is 3.47. The zero-order valence-electron chi connectivity index (χ0n) is 18.1. The first kappa shape index (κ1) is 22.3. The number of hydrogen-bond donors (Lipinski definition) is 1. The molecule has 1 N–H and O–H groups in total. The molecule has 2 aliphatic rings. The van der Waals surface area contributed by atoms with E-state index >= 15 is 0 Å². The van der Waals surface area contributed by atoms with Gasteiger partial charge in [0.15, 0.2) is 18.1 Å². The molecule has 0 fully saturated rings. The van der Waals surface area contributed by atoms with E-state index in [9.17, 15) is 14.4 Å². The van der Waals surface area contributed by atoms with E-state index in [-0.39, 0.29) is 31.4 Å². The summed E-state index contributed by atoms with van der Waals surface area (Å²) in [5.74, 6) is -0.0289. The maximum absolute atomic E-state index is 12.3. The van der Waals surface area contributed by atoms with Gasteiger partial charge < -0.3 is 19.5 Å². The number of nitrogens with one attached hydrogen (secondary N) is 1. The van der Waals surface area contributed by atoms with Gasteiger partial charge in [0.25, 0.3) is 5.91 Å². The van der Waals surface area contributed by atoms with Crippen LogP contribution >= 0.6 is 0 Å². The Balaban J connectivity index is 1.12. The highest BCUT2D eigenvalue weighted by Gasteiger charge is 2.23. The molecule has 0 unspecified atom stereocenters. The van der Waals surface area contributed by atoms with E-state index in [1.807, 2.05) is 48.5 Å². The molecule has 1 atom stereocenters. The molecule has 0 spiro atoms. The molecular weight excluding hydrogens is 426 g/mol. The van der Waals surface area contributed by atoms with E-state index in [1.54, 1.807) is 6.07 Å². The number of hydrogen-bond acceptors (Lipinski definition) is 7. The number of rotatable bonds is 8. The maximum atomic E-state index is 12.3.